The van der Waals surface area contributed by atoms with Crippen molar-refractivity contribution in [2.24, 2.45) is 5.92 Å². The fraction of sp³-hybridized carbons (Fsp3) is 0.346. The molecule has 4 rings (SSSR count). The highest BCUT2D eigenvalue weighted by atomic mass is 16.5. The summed E-state index contributed by atoms with van der Waals surface area (Å²) in [6.07, 6.45) is 0.698. The lowest BCUT2D eigenvalue weighted by atomic mass is 9.98. The number of esters is 1. The van der Waals surface area contributed by atoms with Crippen LogP contribution < -0.4 is 10.4 Å². The average molecular weight is 450 g/mol. The molecule has 2 heterocycles. The molecular formula is C26H27NO6. The van der Waals surface area contributed by atoms with Gasteiger partial charge in [-0.25, -0.2) is 4.79 Å². The van der Waals surface area contributed by atoms with Gasteiger partial charge in [-0.2, -0.15) is 0 Å². The zero-order valence-electron chi connectivity index (χ0n) is 18.8. The van der Waals surface area contributed by atoms with Crippen LogP contribution in [-0.4, -0.2) is 42.6 Å². The van der Waals surface area contributed by atoms with Crippen LogP contribution >= 0.6 is 0 Å². The van der Waals surface area contributed by atoms with Gasteiger partial charge in [0.05, 0.1) is 12.5 Å². The predicted octanol–water partition coefficient (Wildman–Crippen LogP) is 4.03. The standard InChI is InChI=1S/C26H27NO6/c1-3-31-26(30)19-10-7-13-27(16-19)25(29)17(2)32-20-11-12-21-22(18-8-5-4-6-9-18)15-24(28)33-23(21)14-20/h4-6,8-9,11-12,14-15,17,19H,3,7,10,13,16H2,1-2H3/t17-,19+/m1/s1. The van der Waals surface area contributed by atoms with Crippen molar-refractivity contribution in [3.05, 3.63) is 65.0 Å². The van der Waals surface area contributed by atoms with Crippen LogP contribution in [-0.2, 0) is 14.3 Å². The number of hydrogen-bond acceptors (Lipinski definition) is 6. The molecule has 1 amide bonds. The van der Waals surface area contributed by atoms with Crippen LogP contribution in [0.1, 0.15) is 26.7 Å². The van der Waals surface area contributed by atoms with Gasteiger partial charge in [0.2, 0.25) is 0 Å². The second kappa shape index (κ2) is 9.90. The average Bonchev–Trinajstić information content (AvgIpc) is 2.83. The molecule has 2 aromatic carbocycles. The summed E-state index contributed by atoms with van der Waals surface area (Å²) in [5.74, 6) is -0.331. The first-order valence-corrected chi connectivity index (χ1v) is 11.2. The van der Waals surface area contributed by atoms with Gasteiger partial charge in [-0.1, -0.05) is 30.3 Å². The topological polar surface area (TPSA) is 86.0 Å². The van der Waals surface area contributed by atoms with E-state index in [9.17, 15) is 14.4 Å². The Morgan fingerprint density at radius 1 is 1.15 bits per heavy atom. The molecule has 1 saturated heterocycles. The van der Waals surface area contributed by atoms with E-state index < -0.39 is 11.7 Å². The highest BCUT2D eigenvalue weighted by Gasteiger charge is 2.32. The number of piperidine rings is 1. The van der Waals surface area contributed by atoms with E-state index in [1.165, 1.54) is 6.07 Å². The Morgan fingerprint density at radius 2 is 1.94 bits per heavy atom. The van der Waals surface area contributed by atoms with Crippen LogP contribution in [0.25, 0.3) is 22.1 Å². The number of carbonyl (C=O) groups excluding carboxylic acids is 2. The Kier molecular flexibility index (Phi) is 6.77. The minimum atomic E-state index is -0.757. The number of fused-ring (bicyclic) bond motifs is 1. The highest BCUT2D eigenvalue weighted by Crippen LogP contribution is 2.30. The molecule has 0 aliphatic carbocycles. The third-order valence-corrected chi connectivity index (χ3v) is 5.81. The van der Waals surface area contributed by atoms with Crippen molar-refractivity contribution in [2.45, 2.75) is 32.8 Å². The summed E-state index contributed by atoms with van der Waals surface area (Å²) in [6, 6.07) is 16.3. The molecule has 0 N–H and O–H groups in total. The molecule has 0 bridgehead atoms. The molecule has 3 aromatic rings. The summed E-state index contributed by atoms with van der Waals surface area (Å²) in [4.78, 5) is 38.9. The van der Waals surface area contributed by atoms with E-state index in [2.05, 4.69) is 0 Å². The van der Waals surface area contributed by atoms with E-state index in [0.29, 0.717) is 37.4 Å². The second-order valence-corrected chi connectivity index (χ2v) is 8.14. The van der Waals surface area contributed by atoms with Gasteiger partial charge in [-0.15, -0.1) is 0 Å². The number of nitrogens with zero attached hydrogens (tertiary/aromatic N) is 1. The Bertz CT molecular complexity index is 1200. The second-order valence-electron chi connectivity index (χ2n) is 8.14. The number of benzene rings is 2. The smallest absolute Gasteiger partial charge is 0.336 e. The maximum absolute atomic E-state index is 13.0. The highest BCUT2D eigenvalue weighted by molar-refractivity contribution is 5.93. The summed E-state index contributed by atoms with van der Waals surface area (Å²) in [5.41, 5.74) is 1.62. The van der Waals surface area contributed by atoms with Crippen molar-refractivity contribution in [3.8, 4) is 16.9 Å². The van der Waals surface area contributed by atoms with Gasteiger partial charge in [0.15, 0.2) is 6.10 Å². The molecule has 33 heavy (non-hydrogen) atoms. The summed E-state index contributed by atoms with van der Waals surface area (Å²) in [5, 5.41) is 0.778. The van der Waals surface area contributed by atoms with Crippen molar-refractivity contribution in [1.82, 2.24) is 4.90 Å². The Hall–Kier alpha value is -3.61. The minimum absolute atomic E-state index is 0.191. The van der Waals surface area contributed by atoms with Crippen molar-refractivity contribution in [1.29, 1.82) is 0 Å². The van der Waals surface area contributed by atoms with Gasteiger partial charge in [0.25, 0.3) is 5.91 Å². The number of hydrogen-bond donors (Lipinski definition) is 0. The van der Waals surface area contributed by atoms with E-state index in [1.54, 1.807) is 30.9 Å². The number of rotatable bonds is 6. The molecule has 1 aromatic heterocycles. The largest absolute Gasteiger partial charge is 0.481 e. The zero-order chi connectivity index (χ0) is 23.4. The lowest BCUT2D eigenvalue weighted by Crippen LogP contribution is -2.47. The van der Waals surface area contributed by atoms with Crippen LogP contribution in [0.3, 0.4) is 0 Å². The summed E-state index contributed by atoms with van der Waals surface area (Å²) >= 11 is 0. The van der Waals surface area contributed by atoms with E-state index in [-0.39, 0.29) is 17.8 Å². The van der Waals surface area contributed by atoms with Crippen LogP contribution in [0.15, 0.2) is 63.8 Å². The third kappa shape index (κ3) is 5.08. The van der Waals surface area contributed by atoms with E-state index >= 15 is 0 Å². The Balaban J connectivity index is 1.51. The molecule has 0 saturated carbocycles. The van der Waals surface area contributed by atoms with Crippen molar-refractivity contribution in [3.63, 3.8) is 0 Å². The van der Waals surface area contributed by atoms with Crippen LogP contribution in [0.4, 0.5) is 0 Å². The van der Waals surface area contributed by atoms with Gasteiger partial charge in [0.1, 0.15) is 11.3 Å². The van der Waals surface area contributed by atoms with Gasteiger partial charge in [-0.3, -0.25) is 9.59 Å². The number of carbonyl (C=O) groups is 2. The Labute approximate surface area is 191 Å². The lowest BCUT2D eigenvalue weighted by molar-refractivity contribution is -0.152. The number of ether oxygens (including phenoxy) is 2. The molecule has 1 fully saturated rings. The minimum Gasteiger partial charge on any atom is -0.481 e. The lowest BCUT2D eigenvalue weighted by Gasteiger charge is -2.33. The first kappa shape index (κ1) is 22.6. The third-order valence-electron chi connectivity index (χ3n) is 5.81. The summed E-state index contributed by atoms with van der Waals surface area (Å²) < 4.78 is 16.4. The molecule has 7 nitrogen and oxygen atoms in total. The monoisotopic (exact) mass is 449 g/mol. The van der Waals surface area contributed by atoms with Crippen molar-refractivity contribution < 1.29 is 23.5 Å². The molecule has 2 atom stereocenters. The zero-order valence-corrected chi connectivity index (χ0v) is 18.8. The number of likely N-dealkylation sites (tertiary alicyclic amines) is 1. The van der Waals surface area contributed by atoms with Gasteiger partial charge >= 0.3 is 11.6 Å². The SMILES string of the molecule is CCOC(=O)[C@H]1CCCN(C(=O)[C@@H](C)Oc2ccc3c(-c4ccccc4)cc(=O)oc3c2)C1. The van der Waals surface area contributed by atoms with Crippen LogP contribution in [0.5, 0.6) is 5.75 Å². The fourth-order valence-electron chi connectivity index (χ4n) is 4.21. The van der Waals surface area contributed by atoms with Gasteiger partial charge < -0.3 is 18.8 Å². The van der Waals surface area contributed by atoms with Crippen molar-refractivity contribution in [2.75, 3.05) is 19.7 Å². The van der Waals surface area contributed by atoms with Crippen LogP contribution in [0, 0.1) is 5.92 Å². The van der Waals surface area contributed by atoms with E-state index in [4.69, 9.17) is 13.9 Å². The summed E-state index contributed by atoms with van der Waals surface area (Å²) in [7, 11) is 0. The van der Waals surface area contributed by atoms with E-state index in [1.807, 2.05) is 36.4 Å². The molecule has 0 spiro atoms. The van der Waals surface area contributed by atoms with Crippen molar-refractivity contribution >= 4 is 22.8 Å². The molecule has 0 radical (unpaired) electrons. The first-order valence-electron chi connectivity index (χ1n) is 11.2. The molecule has 0 unspecified atom stereocenters. The van der Waals surface area contributed by atoms with Gasteiger partial charge in [0, 0.05) is 30.6 Å². The molecule has 1 aliphatic heterocycles. The van der Waals surface area contributed by atoms with E-state index in [0.717, 1.165) is 22.9 Å². The maximum Gasteiger partial charge on any atom is 0.336 e. The fourth-order valence-corrected chi connectivity index (χ4v) is 4.21. The predicted molar refractivity (Wildman–Crippen MR) is 124 cm³/mol. The molecule has 1 aliphatic rings. The first-order chi connectivity index (χ1) is 16.0. The van der Waals surface area contributed by atoms with Crippen LogP contribution in [0.2, 0.25) is 0 Å². The number of amides is 1. The van der Waals surface area contributed by atoms with Gasteiger partial charge in [-0.05, 0) is 49.9 Å². The quantitative estimate of drug-likeness (QED) is 0.417. The molecule has 7 heteroatoms. The normalized spacial score (nSPS) is 16.9. The maximum atomic E-state index is 13.0. The Morgan fingerprint density at radius 3 is 2.70 bits per heavy atom. The molecule has 172 valence electrons. The molecular weight excluding hydrogens is 422 g/mol. The summed E-state index contributed by atoms with van der Waals surface area (Å²) in [6.45, 7) is 4.69.